The monoisotopic (exact) mass is 168 g/mol. The van der Waals surface area contributed by atoms with Crippen LogP contribution in [0.3, 0.4) is 0 Å². The van der Waals surface area contributed by atoms with Crippen LogP contribution in [-0.4, -0.2) is 0 Å². The molecule has 3 unspecified atom stereocenters. The van der Waals surface area contributed by atoms with Gasteiger partial charge in [0.2, 0.25) is 0 Å². The second-order valence-electron chi connectivity index (χ2n) is 4.99. The van der Waals surface area contributed by atoms with Crippen LogP contribution < -0.4 is 0 Å². The average Bonchev–Trinajstić information content (AvgIpc) is 2.10. The largest absolute Gasteiger partial charge is 0.0654 e. The van der Waals surface area contributed by atoms with Gasteiger partial charge in [0.15, 0.2) is 0 Å². The lowest BCUT2D eigenvalue weighted by molar-refractivity contribution is 0.000900. The van der Waals surface area contributed by atoms with Gasteiger partial charge in [-0.1, -0.05) is 47.0 Å². The first-order valence-corrected chi connectivity index (χ1v) is 5.61. The fourth-order valence-corrected chi connectivity index (χ4v) is 2.46. The molecule has 1 rings (SSSR count). The summed E-state index contributed by atoms with van der Waals surface area (Å²) in [6.45, 7) is 9.65. The van der Waals surface area contributed by atoms with E-state index in [9.17, 15) is 0 Å². The molecule has 0 amide bonds. The lowest BCUT2D eigenvalue weighted by Gasteiger charge is -2.50. The van der Waals surface area contributed by atoms with Gasteiger partial charge in [0.1, 0.15) is 0 Å². The zero-order valence-electron chi connectivity index (χ0n) is 9.19. The molecule has 0 saturated heterocycles. The second kappa shape index (κ2) is 3.81. The molecule has 0 aliphatic heterocycles. The van der Waals surface area contributed by atoms with E-state index < -0.39 is 0 Å². The Morgan fingerprint density at radius 2 is 2.17 bits per heavy atom. The summed E-state index contributed by atoms with van der Waals surface area (Å²) in [5.41, 5.74) is 0.690. The molecule has 3 atom stereocenters. The van der Waals surface area contributed by atoms with Crippen molar-refractivity contribution in [1.29, 1.82) is 0 Å². The normalized spacial score (nSPS) is 37.5. The van der Waals surface area contributed by atoms with Crippen LogP contribution >= 0.6 is 0 Å². The quantitative estimate of drug-likeness (QED) is 0.588. The third kappa shape index (κ3) is 1.67. The molecule has 0 aromatic rings. The van der Waals surface area contributed by atoms with Gasteiger partial charge in [-0.25, -0.2) is 0 Å². The minimum absolute atomic E-state index is 0.690. The molecule has 0 radical (unpaired) electrons. The molecule has 72 valence electrons. The van der Waals surface area contributed by atoms with Gasteiger partial charge in [0.05, 0.1) is 0 Å². The highest BCUT2D eigenvalue weighted by Gasteiger charge is 2.42. The molecule has 1 saturated carbocycles. The van der Waals surface area contributed by atoms with Gasteiger partial charge < -0.3 is 0 Å². The Hall–Kier alpha value is 0. The summed E-state index contributed by atoms with van der Waals surface area (Å²) < 4.78 is 0. The molecule has 0 N–H and O–H groups in total. The van der Waals surface area contributed by atoms with Gasteiger partial charge in [0, 0.05) is 0 Å². The third-order valence-electron chi connectivity index (χ3n) is 4.36. The Balaban J connectivity index is 2.35. The standard InChI is InChI=1S/C12H24/c1-5-6-7-10(2)12(4)9-8-11(12)3/h10-11H,5-9H2,1-4H3. The van der Waals surface area contributed by atoms with Gasteiger partial charge in [-0.2, -0.15) is 0 Å². The molecule has 12 heavy (non-hydrogen) atoms. The highest BCUT2D eigenvalue weighted by Crippen LogP contribution is 2.52. The van der Waals surface area contributed by atoms with E-state index in [1.54, 1.807) is 0 Å². The Kier molecular flexibility index (Phi) is 3.20. The van der Waals surface area contributed by atoms with E-state index in [4.69, 9.17) is 0 Å². The van der Waals surface area contributed by atoms with Crippen LogP contribution in [0.4, 0.5) is 0 Å². The van der Waals surface area contributed by atoms with E-state index >= 15 is 0 Å². The molecule has 0 aromatic heterocycles. The molecule has 0 bridgehead atoms. The minimum Gasteiger partial charge on any atom is -0.0654 e. The summed E-state index contributed by atoms with van der Waals surface area (Å²) in [7, 11) is 0. The predicted molar refractivity (Wildman–Crippen MR) is 55.2 cm³/mol. The van der Waals surface area contributed by atoms with Crippen molar-refractivity contribution in [2.75, 3.05) is 0 Å². The first-order chi connectivity index (χ1) is 5.61. The van der Waals surface area contributed by atoms with Gasteiger partial charge >= 0.3 is 0 Å². The van der Waals surface area contributed by atoms with Crippen molar-refractivity contribution in [1.82, 2.24) is 0 Å². The summed E-state index contributed by atoms with van der Waals surface area (Å²) in [6, 6.07) is 0. The number of rotatable bonds is 4. The Morgan fingerprint density at radius 1 is 1.50 bits per heavy atom. The molecule has 0 nitrogen and oxygen atoms in total. The highest BCUT2D eigenvalue weighted by molar-refractivity contribution is 4.92. The molecule has 0 heteroatoms. The van der Waals surface area contributed by atoms with E-state index in [-0.39, 0.29) is 0 Å². The Labute approximate surface area is 77.7 Å². The summed E-state index contributed by atoms with van der Waals surface area (Å²) in [5, 5.41) is 0. The SMILES string of the molecule is CCCCC(C)C1(C)CCC1C. The number of hydrogen-bond acceptors (Lipinski definition) is 0. The lowest BCUT2D eigenvalue weighted by Crippen LogP contribution is -2.41. The molecule has 1 aliphatic carbocycles. The van der Waals surface area contributed by atoms with Crippen LogP contribution in [0.2, 0.25) is 0 Å². The zero-order valence-corrected chi connectivity index (χ0v) is 9.19. The topological polar surface area (TPSA) is 0 Å². The van der Waals surface area contributed by atoms with Gasteiger partial charge in [0.25, 0.3) is 0 Å². The van der Waals surface area contributed by atoms with Gasteiger partial charge in [-0.3, -0.25) is 0 Å². The van der Waals surface area contributed by atoms with Crippen LogP contribution in [0.15, 0.2) is 0 Å². The second-order valence-corrected chi connectivity index (χ2v) is 4.99. The first-order valence-electron chi connectivity index (χ1n) is 5.61. The van der Waals surface area contributed by atoms with E-state index in [1.807, 2.05) is 0 Å². The molecule has 1 aliphatic rings. The first kappa shape index (κ1) is 10.1. The van der Waals surface area contributed by atoms with Crippen molar-refractivity contribution < 1.29 is 0 Å². The smallest absolute Gasteiger partial charge is 0.0274 e. The predicted octanol–water partition coefficient (Wildman–Crippen LogP) is 4.25. The summed E-state index contributed by atoms with van der Waals surface area (Å²) >= 11 is 0. The highest BCUT2D eigenvalue weighted by atomic mass is 14.5. The van der Waals surface area contributed by atoms with Crippen molar-refractivity contribution >= 4 is 0 Å². The molecular formula is C12H24. The summed E-state index contributed by atoms with van der Waals surface area (Å²) in [5.74, 6) is 1.92. The van der Waals surface area contributed by atoms with Crippen LogP contribution in [0, 0.1) is 17.3 Å². The van der Waals surface area contributed by atoms with E-state index in [0.717, 1.165) is 11.8 Å². The molecular weight excluding hydrogens is 144 g/mol. The average molecular weight is 168 g/mol. The van der Waals surface area contributed by atoms with E-state index in [2.05, 4.69) is 27.7 Å². The van der Waals surface area contributed by atoms with Crippen molar-refractivity contribution in [2.45, 2.75) is 59.8 Å². The number of unbranched alkanes of at least 4 members (excludes halogenated alkanes) is 1. The maximum atomic E-state index is 2.49. The fourth-order valence-electron chi connectivity index (χ4n) is 2.46. The zero-order chi connectivity index (χ0) is 9.19. The molecule has 1 fully saturated rings. The van der Waals surface area contributed by atoms with Crippen molar-refractivity contribution in [2.24, 2.45) is 17.3 Å². The van der Waals surface area contributed by atoms with Crippen molar-refractivity contribution in [3.63, 3.8) is 0 Å². The maximum absolute atomic E-state index is 2.49. The van der Waals surface area contributed by atoms with E-state index in [0.29, 0.717) is 5.41 Å². The fraction of sp³-hybridized carbons (Fsp3) is 1.00. The van der Waals surface area contributed by atoms with Crippen molar-refractivity contribution in [3.05, 3.63) is 0 Å². The van der Waals surface area contributed by atoms with Crippen LogP contribution in [0.25, 0.3) is 0 Å². The molecule has 0 heterocycles. The van der Waals surface area contributed by atoms with Crippen LogP contribution in [0.5, 0.6) is 0 Å². The van der Waals surface area contributed by atoms with Crippen LogP contribution in [0.1, 0.15) is 59.8 Å². The van der Waals surface area contributed by atoms with Gasteiger partial charge in [-0.15, -0.1) is 0 Å². The van der Waals surface area contributed by atoms with E-state index in [1.165, 1.54) is 32.1 Å². The maximum Gasteiger partial charge on any atom is -0.0274 e. The third-order valence-corrected chi connectivity index (χ3v) is 4.36. The molecule has 0 aromatic carbocycles. The van der Waals surface area contributed by atoms with Crippen molar-refractivity contribution in [3.8, 4) is 0 Å². The Morgan fingerprint density at radius 3 is 2.50 bits per heavy atom. The van der Waals surface area contributed by atoms with Gasteiger partial charge in [-0.05, 0) is 30.1 Å². The Bertz CT molecular complexity index is 139. The lowest BCUT2D eigenvalue weighted by atomic mass is 9.55. The van der Waals surface area contributed by atoms with Crippen LogP contribution in [-0.2, 0) is 0 Å². The molecule has 0 spiro atoms. The number of hydrogen-bond donors (Lipinski definition) is 0. The summed E-state index contributed by atoms with van der Waals surface area (Å²) in [4.78, 5) is 0. The minimum atomic E-state index is 0.690. The summed E-state index contributed by atoms with van der Waals surface area (Å²) in [6.07, 6.45) is 7.15.